The Bertz CT molecular complexity index is 1060. The van der Waals surface area contributed by atoms with Crippen LogP contribution in [0.1, 0.15) is 36.9 Å². The molecule has 1 N–H and O–H groups in total. The van der Waals surface area contributed by atoms with Gasteiger partial charge in [0.15, 0.2) is 0 Å². The molecular formula is C22H24N2O2S. The lowest BCUT2D eigenvalue weighted by atomic mass is 10.1. The number of anilines is 1. The summed E-state index contributed by atoms with van der Waals surface area (Å²) in [5, 5.41) is 0.935. The second-order valence-electron chi connectivity index (χ2n) is 7.43. The fourth-order valence-corrected chi connectivity index (χ4v) is 4.38. The quantitative estimate of drug-likeness (QED) is 0.622. The predicted octanol–water partition coefficient (Wildman–Crippen LogP) is 5.08. The van der Waals surface area contributed by atoms with Crippen molar-refractivity contribution in [2.24, 2.45) is 5.92 Å². The molecule has 0 saturated heterocycles. The van der Waals surface area contributed by atoms with Crippen LogP contribution in [0.15, 0.2) is 59.5 Å². The molecule has 0 atom stereocenters. The molecule has 0 aliphatic heterocycles. The Morgan fingerprint density at radius 2 is 1.81 bits per heavy atom. The van der Waals surface area contributed by atoms with Gasteiger partial charge in [-0.1, -0.05) is 55.2 Å². The first-order chi connectivity index (χ1) is 13.0. The number of aryl methyl sites for hydroxylation is 2. The predicted molar refractivity (Wildman–Crippen MR) is 109 cm³/mol. The molecule has 140 valence electrons. The molecule has 1 fully saturated rings. The Balaban J connectivity index is 1.60. The van der Waals surface area contributed by atoms with Crippen LogP contribution in [-0.4, -0.2) is 13.4 Å². The van der Waals surface area contributed by atoms with Crippen molar-refractivity contribution < 1.29 is 8.42 Å². The number of hydrogen-bond donors (Lipinski definition) is 1. The van der Waals surface area contributed by atoms with Crippen molar-refractivity contribution in [3.05, 3.63) is 65.9 Å². The molecule has 0 unspecified atom stereocenters. The molecule has 0 amide bonds. The van der Waals surface area contributed by atoms with Gasteiger partial charge in [0.25, 0.3) is 10.0 Å². The van der Waals surface area contributed by atoms with Gasteiger partial charge >= 0.3 is 0 Å². The van der Waals surface area contributed by atoms with Gasteiger partial charge in [-0.15, -0.1) is 0 Å². The monoisotopic (exact) mass is 380 g/mol. The molecule has 0 bridgehead atoms. The summed E-state index contributed by atoms with van der Waals surface area (Å²) in [5.41, 5.74) is 3.27. The lowest BCUT2D eigenvalue weighted by Gasteiger charge is -2.11. The zero-order valence-corrected chi connectivity index (χ0v) is 16.3. The molecule has 0 spiro atoms. The molecule has 2 aromatic carbocycles. The van der Waals surface area contributed by atoms with Crippen molar-refractivity contribution in [1.29, 1.82) is 0 Å². The number of nitrogens with zero attached hydrogens (tertiary/aromatic N) is 1. The van der Waals surface area contributed by atoms with Crippen LogP contribution in [0, 0.1) is 12.8 Å². The summed E-state index contributed by atoms with van der Waals surface area (Å²) in [6.07, 6.45) is 6.08. The highest BCUT2D eigenvalue weighted by Gasteiger charge is 2.20. The average molecular weight is 381 g/mol. The van der Waals surface area contributed by atoms with Gasteiger partial charge in [-0.25, -0.2) is 8.42 Å². The number of para-hydroxylation sites is 1. The second kappa shape index (κ2) is 7.31. The summed E-state index contributed by atoms with van der Waals surface area (Å²) >= 11 is 0. The summed E-state index contributed by atoms with van der Waals surface area (Å²) < 4.78 is 28.2. The first-order valence-corrected chi connectivity index (χ1v) is 11.0. The maximum atomic E-state index is 12.8. The third-order valence-corrected chi connectivity index (χ3v) is 6.48. The molecule has 1 saturated carbocycles. The number of pyridine rings is 1. The lowest BCUT2D eigenvalue weighted by molar-refractivity contribution is 0.601. The molecule has 1 aliphatic rings. The molecule has 0 radical (unpaired) electrons. The molecule has 4 nitrogen and oxygen atoms in total. The molecule has 1 aliphatic carbocycles. The molecule has 1 heterocycles. The van der Waals surface area contributed by atoms with Crippen LogP contribution in [0.5, 0.6) is 0 Å². The maximum Gasteiger partial charge on any atom is 0.261 e. The van der Waals surface area contributed by atoms with E-state index >= 15 is 0 Å². The van der Waals surface area contributed by atoms with E-state index in [1.807, 2.05) is 31.2 Å². The van der Waals surface area contributed by atoms with Crippen molar-refractivity contribution in [2.45, 2.75) is 43.9 Å². The summed E-state index contributed by atoms with van der Waals surface area (Å²) in [5.74, 6) is 0.919. The van der Waals surface area contributed by atoms with E-state index < -0.39 is 10.0 Å². The van der Waals surface area contributed by atoms with E-state index in [1.54, 1.807) is 30.3 Å². The zero-order valence-electron chi connectivity index (χ0n) is 15.5. The first-order valence-electron chi connectivity index (χ1n) is 9.49. The second-order valence-corrected chi connectivity index (χ2v) is 9.12. The third-order valence-electron chi connectivity index (χ3n) is 5.10. The van der Waals surface area contributed by atoms with Crippen LogP contribution in [0.25, 0.3) is 10.9 Å². The van der Waals surface area contributed by atoms with Gasteiger partial charge < -0.3 is 0 Å². The Morgan fingerprint density at radius 1 is 1.04 bits per heavy atom. The van der Waals surface area contributed by atoms with E-state index in [0.717, 1.165) is 35.4 Å². The van der Waals surface area contributed by atoms with Crippen molar-refractivity contribution in [2.75, 3.05) is 4.72 Å². The summed E-state index contributed by atoms with van der Waals surface area (Å²) in [6.45, 7) is 1.93. The number of rotatable bonds is 7. The number of fused-ring (bicyclic) bond motifs is 1. The number of hydrogen-bond acceptors (Lipinski definition) is 3. The summed E-state index contributed by atoms with van der Waals surface area (Å²) in [7, 11) is -3.64. The minimum Gasteiger partial charge on any atom is -0.277 e. The minimum atomic E-state index is -3.64. The van der Waals surface area contributed by atoms with Crippen LogP contribution in [-0.2, 0) is 16.4 Å². The molecular weight excluding hydrogens is 356 g/mol. The van der Waals surface area contributed by atoms with Crippen molar-refractivity contribution >= 4 is 26.6 Å². The standard InChI is InChI=1S/C22H24N2O2S/c1-16-8-14-20(15-9-16)27(25,26)24-21-7-3-5-18-12-13-19(23-22(18)21)6-2-4-17-10-11-17/h3,5,7-9,12-15,17,24H,2,4,6,10-11H2,1H3. The molecule has 5 heteroatoms. The maximum absolute atomic E-state index is 12.8. The summed E-state index contributed by atoms with van der Waals surface area (Å²) in [4.78, 5) is 5.01. The number of benzene rings is 2. The molecule has 1 aromatic heterocycles. The van der Waals surface area contributed by atoms with Crippen LogP contribution < -0.4 is 4.72 Å². The highest BCUT2D eigenvalue weighted by Crippen LogP contribution is 2.34. The van der Waals surface area contributed by atoms with Crippen LogP contribution in [0.2, 0.25) is 0 Å². The SMILES string of the molecule is Cc1ccc(S(=O)(=O)Nc2cccc3ccc(CCCC4CC4)nc23)cc1. The molecule has 3 aromatic rings. The van der Waals surface area contributed by atoms with Gasteiger partial charge in [-0.3, -0.25) is 9.71 Å². The Hall–Kier alpha value is -2.40. The fourth-order valence-electron chi connectivity index (χ4n) is 3.31. The first kappa shape index (κ1) is 18.0. The largest absolute Gasteiger partial charge is 0.277 e. The Kier molecular flexibility index (Phi) is 4.87. The van der Waals surface area contributed by atoms with Gasteiger partial charge in [0.2, 0.25) is 0 Å². The van der Waals surface area contributed by atoms with Crippen molar-refractivity contribution in [3.63, 3.8) is 0 Å². The van der Waals surface area contributed by atoms with Crippen molar-refractivity contribution in [1.82, 2.24) is 4.98 Å². The zero-order chi connectivity index (χ0) is 18.9. The lowest BCUT2D eigenvalue weighted by Crippen LogP contribution is -2.13. The van der Waals surface area contributed by atoms with E-state index in [2.05, 4.69) is 4.72 Å². The topological polar surface area (TPSA) is 59.1 Å². The normalized spacial score (nSPS) is 14.4. The van der Waals surface area contributed by atoms with Gasteiger partial charge in [-0.2, -0.15) is 0 Å². The molecule has 27 heavy (non-hydrogen) atoms. The molecule has 4 rings (SSSR count). The van der Waals surface area contributed by atoms with Crippen LogP contribution in [0.3, 0.4) is 0 Å². The number of aromatic nitrogens is 1. The highest BCUT2D eigenvalue weighted by molar-refractivity contribution is 7.92. The Labute approximate surface area is 160 Å². The van der Waals surface area contributed by atoms with E-state index in [0.29, 0.717) is 11.2 Å². The van der Waals surface area contributed by atoms with Crippen molar-refractivity contribution in [3.8, 4) is 0 Å². The third kappa shape index (κ3) is 4.30. The smallest absolute Gasteiger partial charge is 0.261 e. The van der Waals surface area contributed by atoms with E-state index in [4.69, 9.17) is 4.98 Å². The highest BCUT2D eigenvalue weighted by atomic mass is 32.2. The van der Waals surface area contributed by atoms with E-state index in [9.17, 15) is 8.42 Å². The van der Waals surface area contributed by atoms with Crippen LogP contribution >= 0.6 is 0 Å². The van der Waals surface area contributed by atoms with Gasteiger partial charge in [0.1, 0.15) is 0 Å². The summed E-state index contributed by atoms with van der Waals surface area (Å²) in [6, 6.07) is 16.5. The van der Waals surface area contributed by atoms with Gasteiger partial charge in [0, 0.05) is 11.1 Å². The minimum absolute atomic E-state index is 0.255. The Morgan fingerprint density at radius 3 is 2.56 bits per heavy atom. The van der Waals surface area contributed by atoms with Gasteiger partial charge in [-0.05, 0) is 49.9 Å². The van der Waals surface area contributed by atoms with E-state index in [1.165, 1.54) is 19.3 Å². The average Bonchev–Trinajstić information content (AvgIpc) is 3.47. The van der Waals surface area contributed by atoms with E-state index in [-0.39, 0.29) is 4.90 Å². The number of nitrogens with one attached hydrogen (secondary N) is 1. The van der Waals surface area contributed by atoms with Crippen LogP contribution in [0.4, 0.5) is 5.69 Å². The fraction of sp³-hybridized carbons (Fsp3) is 0.318. The van der Waals surface area contributed by atoms with Gasteiger partial charge in [0.05, 0.1) is 16.1 Å². The number of sulfonamides is 1.